The van der Waals surface area contributed by atoms with E-state index in [1.165, 1.54) is 29.2 Å². The van der Waals surface area contributed by atoms with E-state index in [9.17, 15) is 22.4 Å². The van der Waals surface area contributed by atoms with E-state index >= 15 is 0 Å². The number of carbonyl (C=O) groups is 2. The molecular weight excluding hydrogens is 614 g/mol. The first kappa shape index (κ1) is 35.4. The van der Waals surface area contributed by atoms with Gasteiger partial charge in [0, 0.05) is 18.5 Å². The van der Waals surface area contributed by atoms with Crippen molar-refractivity contribution in [3.63, 3.8) is 0 Å². The molecule has 0 bridgehead atoms. The molecule has 0 aliphatic carbocycles. The van der Waals surface area contributed by atoms with E-state index in [1.807, 2.05) is 84.0 Å². The minimum atomic E-state index is -4.21. The summed E-state index contributed by atoms with van der Waals surface area (Å²) in [4.78, 5) is 30.0. The zero-order chi connectivity index (χ0) is 34.4. The van der Waals surface area contributed by atoms with Gasteiger partial charge in [-0.05, 0) is 86.7 Å². The van der Waals surface area contributed by atoms with Crippen LogP contribution in [0.25, 0.3) is 0 Å². The summed E-state index contributed by atoms with van der Waals surface area (Å²) in [5.41, 5.74) is 3.06. The Morgan fingerprint density at radius 1 is 0.809 bits per heavy atom. The van der Waals surface area contributed by atoms with Gasteiger partial charge in [-0.15, -0.1) is 0 Å². The first-order valence-electron chi connectivity index (χ1n) is 15.7. The van der Waals surface area contributed by atoms with Crippen molar-refractivity contribution in [3.05, 3.63) is 131 Å². The van der Waals surface area contributed by atoms with Crippen molar-refractivity contribution in [3.8, 4) is 0 Å². The summed E-state index contributed by atoms with van der Waals surface area (Å²) in [6.45, 7) is 10.9. The summed E-state index contributed by atoms with van der Waals surface area (Å²) >= 11 is 0. The molecule has 0 saturated carbocycles. The number of halogens is 1. The third-order valence-electron chi connectivity index (χ3n) is 7.77. The molecule has 47 heavy (non-hydrogen) atoms. The van der Waals surface area contributed by atoms with Gasteiger partial charge in [-0.25, -0.2) is 12.8 Å². The fourth-order valence-electron chi connectivity index (χ4n) is 5.19. The Labute approximate surface area is 278 Å². The lowest BCUT2D eigenvalue weighted by Gasteiger charge is -2.35. The van der Waals surface area contributed by atoms with Gasteiger partial charge in [0.2, 0.25) is 11.8 Å². The molecule has 0 spiro atoms. The Hall–Kier alpha value is -4.50. The van der Waals surface area contributed by atoms with Crippen LogP contribution in [0.1, 0.15) is 62.8 Å². The van der Waals surface area contributed by atoms with Crippen LogP contribution >= 0.6 is 0 Å². The molecule has 0 fully saturated rings. The number of rotatable bonds is 12. The topological polar surface area (TPSA) is 86.8 Å². The van der Waals surface area contributed by atoms with Gasteiger partial charge in [0.25, 0.3) is 10.0 Å². The fraction of sp³-hybridized carbons (Fsp3) is 0.316. The lowest BCUT2D eigenvalue weighted by Crippen LogP contribution is -2.56. The lowest BCUT2D eigenvalue weighted by molar-refractivity contribution is -0.140. The first-order chi connectivity index (χ1) is 22.1. The minimum Gasteiger partial charge on any atom is -0.350 e. The highest BCUT2D eigenvalue weighted by molar-refractivity contribution is 7.92. The predicted molar refractivity (Wildman–Crippen MR) is 185 cm³/mol. The van der Waals surface area contributed by atoms with E-state index in [4.69, 9.17) is 0 Å². The second kappa shape index (κ2) is 14.9. The number of carbonyl (C=O) groups excluding carboxylic acids is 2. The van der Waals surface area contributed by atoms with Gasteiger partial charge >= 0.3 is 0 Å². The number of nitrogens with one attached hydrogen (secondary N) is 1. The molecule has 1 atom stereocenters. The zero-order valence-corrected chi connectivity index (χ0v) is 28.7. The monoisotopic (exact) mass is 657 g/mol. The molecule has 4 rings (SSSR count). The number of aryl methyl sites for hydroxylation is 1. The number of amides is 2. The van der Waals surface area contributed by atoms with Crippen molar-refractivity contribution in [2.75, 3.05) is 10.8 Å². The Morgan fingerprint density at radius 2 is 1.40 bits per heavy atom. The SMILES string of the molecule is Cc1ccc(S(=O)(=O)N(CC(=O)N(Cc2ccc(F)cc2)[C@H](Cc2ccccc2)C(=O)NC(C)(C)C)c2ccc(C(C)C)cc2)cc1. The van der Waals surface area contributed by atoms with Gasteiger partial charge < -0.3 is 10.2 Å². The first-order valence-corrected chi connectivity index (χ1v) is 17.2. The average Bonchev–Trinajstić information content (AvgIpc) is 3.02. The quantitative estimate of drug-likeness (QED) is 0.178. The van der Waals surface area contributed by atoms with Crippen molar-refractivity contribution in [1.29, 1.82) is 0 Å². The molecule has 0 unspecified atom stereocenters. The maximum absolute atomic E-state index is 14.6. The van der Waals surface area contributed by atoms with Crippen LogP contribution in [-0.2, 0) is 32.6 Å². The number of anilines is 1. The Bertz CT molecular complexity index is 1750. The van der Waals surface area contributed by atoms with Crippen LogP contribution in [0.4, 0.5) is 10.1 Å². The molecule has 1 N–H and O–H groups in total. The lowest BCUT2D eigenvalue weighted by atomic mass is 10.0. The van der Waals surface area contributed by atoms with Crippen molar-refractivity contribution in [1.82, 2.24) is 10.2 Å². The maximum atomic E-state index is 14.6. The van der Waals surface area contributed by atoms with Crippen molar-refractivity contribution in [2.45, 2.75) is 76.9 Å². The van der Waals surface area contributed by atoms with Gasteiger partial charge in [-0.2, -0.15) is 0 Å². The molecule has 248 valence electrons. The highest BCUT2D eigenvalue weighted by Gasteiger charge is 2.35. The number of sulfonamides is 1. The summed E-state index contributed by atoms with van der Waals surface area (Å²) in [6, 6.07) is 27.6. The van der Waals surface area contributed by atoms with E-state index in [-0.39, 0.29) is 29.7 Å². The number of benzene rings is 4. The molecule has 0 aliphatic rings. The third kappa shape index (κ3) is 9.51. The molecule has 0 aromatic heterocycles. The second-order valence-electron chi connectivity index (χ2n) is 13.2. The van der Waals surface area contributed by atoms with E-state index in [0.29, 0.717) is 11.3 Å². The van der Waals surface area contributed by atoms with Crippen molar-refractivity contribution in [2.24, 2.45) is 0 Å². The van der Waals surface area contributed by atoms with E-state index in [2.05, 4.69) is 5.32 Å². The molecule has 4 aromatic carbocycles. The van der Waals surface area contributed by atoms with Crippen molar-refractivity contribution >= 4 is 27.5 Å². The van der Waals surface area contributed by atoms with Gasteiger partial charge in [0.15, 0.2) is 0 Å². The van der Waals surface area contributed by atoms with Crippen LogP contribution in [0.3, 0.4) is 0 Å². The van der Waals surface area contributed by atoms with Crippen LogP contribution in [0.15, 0.2) is 108 Å². The molecule has 0 aliphatic heterocycles. The van der Waals surface area contributed by atoms with Crippen LogP contribution in [-0.4, -0.2) is 43.3 Å². The third-order valence-corrected chi connectivity index (χ3v) is 9.56. The maximum Gasteiger partial charge on any atom is 0.264 e. The molecule has 0 saturated heterocycles. The van der Waals surface area contributed by atoms with Crippen molar-refractivity contribution < 1.29 is 22.4 Å². The van der Waals surface area contributed by atoms with Crippen LogP contribution < -0.4 is 9.62 Å². The Balaban J connectivity index is 1.82. The fourth-order valence-corrected chi connectivity index (χ4v) is 6.60. The molecule has 2 amide bonds. The highest BCUT2D eigenvalue weighted by atomic mass is 32.2. The Morgan fingerprint density at radius 3 is 1.96 bits per heavy atom. The van der Waals surface area contributed by atoms with E-state index in [1.54, 1.807) is 36.4 Å². The van der Waals surface area contributed by atoms with Gasteiger partial charge in [0.05, 0.1) is 10.6 Å². The second-order valence-corrected chi connectivity index (χ2v) is 15.0. The molecule has 7 nitrogen and oxygen atoms in total. The zero-order valence-electron chi connectivity index (χ0n) is 27.9. The summed E-state index contributed by atoms with van der Waals surface area (Å²) in [5.74, 6) is -1.17. The minimum absolute atomic E-state index is 0.0419. The van der Waals surface area contributed by atoms with E-state index in [0.717, 1.165) is 21.0 Å². The summed E-state index contributed by atoms with van der Waals surface area (Å²) < 4.78 is 43.4. The van der Waals surface area contributed by atoms with Crippen LogP contribution in [0, 0.1) is 12.7 Å². The largest absolute Gasteiger partial charge is 0.350 e. The van der Waals surface area contributed by atoms with Gasteiger partial charge in [-0.1, -0.05) is 86.1 Å². The van der Waals surface area contributed by atoms with Gasteiger partial charge in [-0.3, -0.25) is 13.9 Å². The number of nitrogens with zero attached hydrogens (tertiary/aromatic N) is 2. The molecule has 4 aromatic rings. The smallest absolute Gasteiger partial charge is 0.264 e. The number of hydrogen-bond acceptors (Lipinski definition) is 4. The highest BCUT2D eigenvalue weighted by Crippen LogP contribution is 2.27. The van der Waals surface area contributed by atoms with Gasteiger partial charge in [0.1, 0.15) is 18.4 Å². The summed E-state index contributed by atoms with van der Waals surface area (Å²) in [6.07, 6.45) is 0.184. The number of hydrogen-bond donors (Lipinski definition) is 1. The molecule has 9 heteroatoms. The molecule has 0 heterocycles. The summed E-state index contributed by atoms with van der Waals surface area (Å²) in [7, 11) is -4.21. The predicted octanol–water partition coefficient (Wildman–Crippen LogP) is 7.01. The van der Waals surface area contributed by atoms with Crippen LogP contribution in [0.2, 0.25) is 0 Å². The Kier molecular flexibility index (Phi) is 11.2. The summed E-state index contributed by atoms with van der Waals surface area (Å²) in [5, 5.41) is 3.01. The normalized spacial score (nSPS) is 12.4. The van der Waals surface area contributed by atoms with E-state index < -0.39 is 39.9 Å². The average molecular weight is 658 g/mol. The van der Waals surface area contributed by atoms with Crippen LogP contribution in [0.5, 0.6) is 0 Å². The molecular formula is C38H44FN3O4S. The molecule has 0 radical (unpaired) electrons. The standard InChI is InChI=1S/C38H44FN3O4S/c1-27(2)31-16-20-33(21-17-31)42(47(45,46)34-22-12-28(3)13-23-34)26-36(43)41(25-30-14-18-32(39)19-15-30)35(37(44)40-38(4,5)6)24-29-10-8-7-9-11-29/h7-23,27,35H,24-26H2,1-6H3,(H,40,44)/t35-/m1/s1.